The highest BCUT2D eigenvalue weighted by Crippen LogP contribution is 2.26. The Labute approximate surface area is 143 Å². The fraction of sp³-hybridized carbons (Fsp3) is 0.0556. The second-order valence-corrected chi connectivity index (χ2v) is 5.88. The molecule has 1 heterocycles. The fourth-order valence-electron chi connectivity index (χ4n) is 2.18. The molecule has 1 aromatic heterocycles. The van der Waals surface area contributed by atoms with Gasteiger partial charge in [-0.15, -0.1) is 0 Å². The van der Waals surface area contributed by atoms with Gasteiger partial charge in [-0.1, -0.05) is 41.4 Å². The maximum Gasteiger partial charge on any atom is 0.291 e. The fourth-order valence-corrected chi connectivity index (χ4v) is 2.55. The first kappa shape index (κ1) is 15.7. The van der Waals surface area contributed by atoms with Crippen LogP contribution >= 0.6 is 23.2 Å². The Kier molecular flexibility index (Phi) is 4.42. The van der Waals surface area contributed by atoms with Crippen LogP contribution in [0.15, 0.2) is 59.0 Å². The van der Waals surface area contributed by atoms with Crippen LogP contribution in [0.1, 0.15) is 16.1 Å². The molecule has 0 aliphatic heterocycles. The third-order valence-electron chi connectivity index (χ3n) is 3.45. The zero-order valence-electron chi connectivity index (χ0n) is 12.3. The molecule has 0 fully saturated rings. The van der Waals surface area contributed by atoms with E-state index in [4.69, 9.17) is 27.6 Å². The van der Waals surface area contributed by atoms with Gasteiger partial charge in [0.2, 0.25) is 0 Å². The molecule has 5 heteroatoms. The predicted molar refractivity (Wildman–Crippen MR) is 93.3 cm³/mol. The number of anilines is 1. The van der Waals surface area contributed by atoms with E-state index in [2.05, 4.69) is 5.32 Å². The van der Waals surface area contributed by atoms with Gasteiger partial charge >= 0.3 is 0 Å². The Morgan fingerprint density at radius 1 is 1.04 bits per heavy atom. The molecule has 2 aromatic carbocycles. The molecule has 0 saturated heterocycles. The number of rotatable bonds is 3. The van der Waals surface area contributed by atoms with Crippen LogP contribution in [0.2, 0.25) is 10.0 Å². The maximum absolute atomic E-state index is 12.3. The van der Waals surface area contributed by atoms with E-state index in [1.807, 2.05) is 19.1 Å². The average Bonchev–Trinajstić information content (AvgIpc) is 3.02. The Morgan fingerprint density at radius 2 is 1.83 bits per heavy atom. The van der Waals surface area contributed by atoms with E-state index in [9.17, 15) is 4.79 Å². The number of carbonyl (C=O) groups is 1. The molecule has 0 bridgehead atoms. The van der Waals surface area contributed by atoms with Crippen LogP contribution in [-0.4, -0.2) is 5.91 Å². The standard InChI is InChI=1S/C18H13Cl2NO2/c1-11-14(20)6-3-7-15(11)21-18(22)17-9-8-16(23-17)12-4-2-5-13(19)10-12/h2-10H,1H3,(H,21,22). The third kappa shape index (κ3) is 3.41. The number of carbonyl (C=O) groups excluding carboxylic acids is 1. The van der Waals surface area contributed by atoms with Crippen molar-refractivity contribution in [1.29, 1.82) is 0 Å². The monoisotopic (exact) mass is 345 g/mol. The Balaban J connectivity index is 1.83. The third-order valence-corrected chi connectivity index (χ3v) is 4.10. The predicted octanol–water partition coefficient (Wildman–Crippen LogP) is 5.81. The minimum atomic E-state index is -0.330. The van der Waals surface area contributed by atoms with E-state index in [1.54, 1.807) is 42.5 Å². The van der Waals surface area contributed by atoms with Gasteiger partial charge in [-0.3, -0.25) is 4.79 Å². The lowest BCUT2D eigenvalue weighted by atomic mass is 10.2. The molecule has 3 rings (SSSR count). The summed E-state index contributed by atoms with van der Waals surface area (Å²) in [6, 6.07) is 16.0. The van der Waals surface area contributed by atoms with Crippen LogP contribution in [0.3, 0.4) is 0 Å². The molecule has 23 heavy (non-hydrogen) atoms. The van der Waals surface area contributed by atoms with E-state index in [1.165, 1.54) is 0 Å². The van der Waals surface area contributed by atoms with Crippen LogP contribution in [0, 0.1) is 6.92 Å². The van der Waals surface area contributed by atoms with Crippen molar-refractivity contribution in [2.45, 2.75) is 6.92 Å². The average molecular weight is 346 g/mol. The summed E-state index contributed by atoms with van der Waals surface area (Å²) in [6.07, 6.45) is 0. The van der Waals surface area contributed by atoms with Gasteiger partial charge in [0.1, 0.15) is 5.76 Å². The molecule has 0 radical (unpaired) electrons. The number of hydrogen-bond acceptors (Lipinski definition) is 2. The lowest BCUT2D eigenvalue weighted by Gasteiger charge is -2.08. The summed E-state index contributed by atoms with van der Waals surface area (Å²) in [5.74, 6) is 0.475. The largest absolute Gasteiger partial charge is 0.451 e. The van der Waals surface area contributed by atoms with E-state index < -0.39 is 0 Å². The second kappa shape index (κ2) is 6.49. The molecular formula is C18H13Cl2NO2. The Morgan fingerprint density at radius 3 is 2.61 bits per heavy atom. The minimum absolute atomic E-state index is 0.222. The molecule has 116 valence electrons. The van der Waals surface area contributed by atoms with Crippen molar-refractivity contribution in [3.05, 3.63) is 76.0 Å². The van der Waals surface area contributed by atoms with Gasteiger partial charge in [0.05, 0.1) is 0 Å². The van der Waals surface area contributed by atoms with Crippen LogP contribution in [-0.2, 0) is 0 Å². The summed E-state index contributed by atoms with van der Waals surface area (Å²) in [5.41, 5.74) is 2.28. The quantitative estimate of drug-likeness (QED) is 0.650. The van der Waals surface area contributed by atoms with E-state index in [0.29, 0.717) is 21.5 Å². The second-order valence-electron chi connectivity index (χ2n) is 5.04. The van der Waals surface area contributed by atoms with E-state index in [-0.39, 0.29) is 11.7 Å². The summed E-state index contributed by atoms with van der Waals surface area (Å²) in [7, 11) is 0. The van der Waals surface area contributed by atoms with Crippen LogP contribution in [0.4, 0.5) is 5.69 Å². The van der Waals surface area contributed by atoms with Crippen LogP contribution < -0.4 is 5.32 Å². The SMILES string of the molecule is Cc1c(Cl)cccc1NC(=O)c1ccc(-c2cccc(Cl)c2)o1. The Bertz CT molecular complexity index is 871. The molecule has 0 spiro atoms. The number of furan rings is 1. The lowest BCUT2D eigenvalue weighted by molar-refractivity contribution is 0.0997. The molecule has 3 aromatic rings. The van der Waals surface area contributed by atoms with Crippen LogP contribution in [0.25, 0.3) is 11.3 Å². The molecule has 1 N–H and O–H groups in total. The van der Waals surface area contributed by atoms with Crippen molar-refractivity contribution < 1.29 is 9.21 Å². The number of amides is 1. The van der Waals surface area contributed by atoms with E-state index in [0.717, 1.165) is 11.1 Å². The van der Waals surface area contributed by atoms with Gasteiger partial charge in [-0.05, 0) is 48.9 Å². The molecular weight excluding hydrogens is 333 g/mol. The van der Waals surface area contributed by atoms with Gasteiger partial charge in [0.15, 0.2) is 5.76 Å². The van der Waals surface area contributed by atoms with Crippen molar-refractivity contribution >= 4 is 34.8 Å². The van der Waals surface area contributed by atoms with Crippen molar-refractivity contribution in [2.75, 3.05) is 5.32 Å². The highest BCUT2D eigenvalue weighted by atomic mass is 35.5. The molecule has 3 nitrogen and oxygen atoms in total. The maximum atomic E-state index is 12.3. The first-order valence-corrected chi connectivity index (χ1v) is 7.72. The van der Waals surface area contributed by atoms with Gasteiger partial charge in [-0.2, -0.15) is 0 Å². The van der Waals surface area contributed by atoms with Crippen molar-refractivity contribution in [1.82, 2.24) is 0 Å². The summed E-state index contributed by atoms with van der Waals surface area (Å²) >= 11 is 12.0. The van der Waals surface area contributed by atoms with Crippen LogP contribution in [0.5, 0.6) is 0 Å². The van der Waals surface area contributed by atoms with Gasteiger partial charge in [0.25, 0.3) is 5.91 Å². The number of benzene rings is 2. The first-order chi connectivity index (χ1) is 11.0. The van der Waals surface area contributed by atoms with Crippen molar-refractivity contribution in [2.24, 2.45) is 0 Å². The van der Waals surface area contributed by atoms with Gasteiger partial charge in [0, 0.05) is 21.3 Å². The topological polar surface area (TPSA) is 42.2 Å². The normalized spacial score (nSPS) is 10.6. The zero-order chi connectivity index (χ0) is 16.4. The smallest absolute Gasteiger partial charge is 0.291 e. The molecule has 0 saturated carbocycles. The summed E-state index contributed by atoms with van der Waals surface area (Å²) in [4.78, 5) is 12.3. The molecule has 0 aliphatic rings. The first-order valence-electron chi connectivity index (χ1n) is 6.97. The lowest BCUT2D eigenvalue weighted by Crippen LogP contribution is -2.11. The molecule has 0 atom stereocenters. The van der Waals surface area contributed by atoms with Crippen molar-refractivity contribution in [3.8, 4) is 11.3 Å². The summed E-state index contributed by atoms with van der Waals surface area (Å²) in [5, 5.41) is 4.01. The summed E-state index contributed by atoms with van der Waals surface area (Å²) in [6.45, 7) is 1.84. The summed E-state index contributed by atoms with van der Waals surface area (Å²) < 4.78 is 5.63. The van der Waals surface area contributed by atoms with E-state index >= 15 is 0 Å². The van der Waals surface area contributed by atoms with Gasteiger partial charge in [-0.25, -0.2) is 0 Å². The molecule has 1 amide bonds. The number of hydrogen-bond donors (Lipinski definition) is 1. The zero-order valence-corrected chi connectivity index (χ0v) is 13.8. The highest BCUT2D eigenvalue weighted by Gasteiger charge is 2.14. The van der Waals surface area contributed by atoms with Gasteiger partial charge < -0.3 is 9.73 Å². The molecule has 0 aliphatic carbocycles. The molecule has 0 unspecified atom stereocenters. The number of halogens is 2. The highest BCUT2D eigenvalue weighted by molar-refractivity contribution is 6.32. The Hall–Kier alpha value is -2.23. The minimum Gasteiger partial charge on any atom is -0.451 e. The van der Waals surface area contributed by atoms with Crippen molar-refractivity contribution in [3.63, 3.8) is 0 Å². The number of nitrogens with one attached hydrogen (secondary N) is 1.